The molecule has 7 atom stereocenters. The molecule has 0 aromatic heterocycles. The summed E-state index contributed by atoms with van der Waals surface area (Å²) in [6.45, 7) is 4.80. The number of hydrogen-bond donors (Lipinski definition) is 1. The number of benzene rings is 1. The Kier molecular flexibility index (Phi) is 7.66. The summed E-state index contributed by atoms with van der Waals surface area (Å²) in [7, 11) is 0. The van der Waals surface area contributed by atoms with Crippen molar-refractivity contribution in [3.8, 4) is 0 Å². The number of hydrogen-bond acceptors (Lipinski definition) is 7. The Bertz CT molecular complexity index is 1230. The Balaban J connectivity index is 1.43. The number of ether oxygens (including phenoxy) is 1. The molecule has 3 saturated carbocycles. The highest BCUT2D eigenvalue weighted by atomic mass is 35.5. The molecule has 4 aliphatic carbocycles. The fraction of sp³-hybridized carbons (Fsp3) is 0.613. The number of aliphatic hydroxyl groups is 1. The van der Waals surface area contributed by atoms with Gasteiger partial charge >= 0.3 is 5.97 Å². The van der Waals surface area contributed by atoms with E-state index in [2.05, 4.69) is 6.92 Å². The third kappa shape index (κ3) is 4.82. The van der Waals surface area contributed by atoms with Crippen LogP contribution in [0.25, 0.3) is 0 Å². The molecule has 0 bridgehead atoms. The molecule has 6 nitrogen and oxygen atoms in total. The maximum Gasteiger partial charge on any atom is 0.303 e. The first-order chi connectivity index (χ1) is 18.4. The van der Waals surface area contributed by atoms with Gasteiger partial charge in [0.15, 0.2) is 12.4 Å². The first-order valence-electron chi connectivity index (χ1n) is 13.9. The summed E-state index contributed by atoms with van der Waals surface area (Å²) in [4.78, 5) is 52.3. The first kappa shape index (κ1) is 28.6. The molecule has 1 aromatic rings. The predicted molar refractivity (Wildman–Crippen MR) is 149 cm³/mol. The summed E-state index contributed by atoms with van der Waals surface area (Å²) in [5, 5.41) is 12.5. The van der Waals surface area contributed by atoms with Gasteiger partial charge in [-0.15, -0.1) is 11.8 Å². The molecule has 1 N–H and O–H groups in total. The lowest BCUT2D eigenvalue weighted by Gasteiger charge is -2.59. The predicted octanol–water partition coefficient (Wildman–Crippen LogP) is 5.62. The molecule has 210 valence electrons. The number of ketones is 3. The smallest absolute Gasteiger partial charge is 0.303 e. The van der Waals surface area contributed by atoms with Gasteiger partial charge in [0, 0.05) is 41.0 Å². The van der Waals surface area contributed by atoms with Gasteiger partial charge in [-0.3, -0.25) is 19.2 Å². The Labute approximate surface area is 239 Å². The van der Waals surface area contributed by atoms with Gasteiger partial charge in [0.2, 0.25) is 5.78 Å². The Morgan fingerprint density at radius 1 is 1.15 bits per heavy atom. The molecule has 1 aromatic carbocycles. The minimum Gasteiger partial charge on any atom is -0.458 e. The number of Topliss-reactive ketones (excluding diaryl/α,β-unsaturated/α-hetero) is 2. The number of thioether (sulfide) groups is 1. The minimum atomic E-state index is -1.70. The van der Waals surface area contributed by atoms with E-state index in [0.717, 1.165) is 29.1 Å². The van der Waals surface area contributed by atoms with E-state index in [1.165, 1.54) is 6.92 Å². The van der Waals surface area contributed by atoms with E-state index >= 15 is 0 Å². The maximum absolute atomic E-state index is 14.0. The zero-order valence-corrected chi connectivity index (χ0v) is 24.4. The summed E-state index contributed by atoms with van der Waals surface area (Å²) >= 11 is 7.80. The molecule has 4 unspecified atom stereocenters. The van der Waals surface area contributed by atoms with E-state index in [1.807, 2.05) is 37.3 Å². The molecule has 0 aliphatic heterocycles. The Hall–Kier alpha value is -1.96. The molecule has 0 radical (unpaired) electrons. The normalized spacial score (nSPS) is 37.4. The van der Waals surface area contributed by atoms with Crippen LogP contribution in [0.4, 0.5) is 0 Å². The molecule has 3 fully saturated rings. The molecule has 0 saturated heterocycles. The van der Waals surface area contributed by atoms with Gasteiger partial charge in [0.25, 0.3) is 0 Å². The van der Waals surface area contributed by atoms with Crippen molar-refractivity contribution in [2.75, 3.05) is 12.4 Å². The number of carbonyl (C=O) groups is 4. The van der Waals surface area contributed by atoms with Crippen LogP contribution in [-0.2, 0) is 23.9 Å². The average Bonchev–Trinajstić information content (AvgIpc) is 3.15. The van der Waals surface area contributed by atoms with Crippen molar-refractivity contribution < 1.29 is 29.0 Å². The summed E-state index contributed by atoms with van der Waals surface area (Å²) < 4.78 is 4.96. The van der Waals surface area contributed by atoms with Crippen LogP contribution in [0.1, 0.15) is 65.7 Å². The second kappa shape index (κ2) is 10.5. The highest BCUT2D eigenvalue weighted by Crippen LogP contribution is 2.67. The van der Waals surface area contributed by atoms with Crippen LogP contribution in [0, 0.1) is 34.5 Å². The SMILES string of the molecule is CC(=O)OCC(=O)[C@@]1(O)CCC2C3CC(CCSc4ccc(Cl)cc4)C4=CC(=O)CC[C@]4(C)C3C(=O)C[C@@]21C. The fourth-order valence-electron chi connectivity index (χ4n) is 8.49. The van der Waals surface area contributed by atoms with Gasteiger partial charge in [-0.2, -0.15) is 0 Å². The largest absolute Gasteiger partial charge is 0.458 e. The van der Waals surface area contributed by atoms with E-state index in [9.17, 15) is 24.3 Å². The molecular formula is C31H37ClO6S. The zero-order chi connectivity index (χ0) is 28.2. The van der Waals surface area contributed by atoms with Gasteiger partial charge in [0.1, 0.15) is 11.4 Å². The molecule has 0 heterocycles. The molecule has 4 aliphatic rings. The van der Waals surface area contributed by atoms with Gasteiger partial charge < -0.3 is 9.84 Å². The van der Waals surface area contributed by atoms with E-state index in [1.54, 1.807) is 11.8 Å². The summed E-state index contributed by atoms with van der Waals surface area (Å²) in [5.74, 6) is -0.0606. The van der Waals surface area contributed by atoms with Crippen molar-refractivity contribution in [3.05, 3.63) is 40.9 Å². The minimum absolute atomic E-state index is 0.00565. The van der Waals surface area contributed by atoms with E-state index in [0.29, 0.717) is 24.3 Å². The van der Waals surface area contributed by atoms with Crippen molar-refractivity contribution in [1.29, 1.82) is 0 Å². The van der Waals surface area contributed by atoms with Crippen molar-refractivity contribution in [3.63, 3.8) is 0 Å². The third-order valence-corrected chi connectivity index (χ3v) is 11.7. The third-order valence-electron chi connectivity index (χ3n) is 10.4. The lowest BCUT2D eigenvalue weighted by Crippen LogP contribution is -2.61. The number of fused-ring (bicyclic) bond motifs is 5. The van der Waals surface area contributed by atoms with Crippen LogP contribution in [-0.4, -0.2) is 46.4 Å². The number of carbonyl (C=O) groups excluding carboxylic acids is 4. The summed E-state index contributed by atoms with van der Waals surface area (Å²) in [6.07, 6.45) is 5.59. The van der Waals surface area contributed by atoms with Crippen molar-refractivity contribution in [2.24, 2.45) is 34.5 Å². The van der Waals surface area contributed by atoms with Crippen LogP contribution < -0.4 is 0 Å². The van der Waals surface area contributed by atoms with Crippen LogP contribution in [0.3, 0.4) is 0 Å². The van der Waals surface area contributed by atoms with Crippen molar-refractivity contribution in [1.82, 2.24) is 0 Å². The molecule has 5 rings (SSSR count). The van der Waals surface area contributed by atoms with Crippen molar-refractivity contribution >= 4 is 46.7 Å². The zero-order valence-electron chi connectivity index (χ0n) is 22.8. The van der Waals surface area contributed by atoms with Crippen LogP contribution in [0.5, 0.6) is 0 Å². The van der Waals surface area contributed by atoms with E-state index < -0.39 is 34.8 Å². The Morgan fingerprint density at radius 3 is 2.56 bits per heavy atom. The topological polar surface area (TPSA) is 97.7 Å². The van der Waals surface area contributed by atoms with Crippen LogP contribution in [0.2, 0.25) is 5.02 Å². The number of allylic oxidation sites excluding steroid dienone is 1. The second-order valence-electron chi connectivity index (χ2n) is 12.4. The molecule has 0 amide bonds. The molecule has 8 heteroatoms. The lowest BCUT2D eigenvalue weighted by atomic mass is 9.44. The van der Waals surface area contributed by atoms with Crippen LogP contribution in [0.15, 0.2) is 40.8 Å². The van der Waals surface area contributed by atoms with Gasteiger partial charge in [0.05, 0.1) is 0 Å². The summed E-state index contributed by atoms with van der Waals surface area (Å²) in [5.41, 5.74) is -1.89. The molecule has 39 heavy (non-hydrogen) atoms. The number of halogens is 1. The quantitative estimate of drug-likeness (QED) is 0.334. The summed E-state index contributed by atoms with van der Waals surface area (Å²) in [6, 6.07) is 7.78. The van der Waals surface area contributed by atoms with Crippen molar-refractivity contribution in [2.45, 2.75) is 76.2 Å². The highest BCUT2D eigenvalue weighted by Gasteiger charge is 2.69. The standard InChI is InChI=1S/C31H37ClO6S/c1-18(33)38-17-27(36)31(37)12-9-24-23-14-19(10-13-39-22-6-4-20(32)5-7-22)25-15-21(34)8-11-29(25,2)28(23)26(35)16-30(24,31)3/h4-7,15,19,23-24,28,37H,8-14,16-17H2,1-3H3/t19?,23?,24?,28?,29-,30-,31-/m0/s1. The number of rotatable bonds is 7. The van der Waals surface area contributed by atoms with E-state index in [-0.39, 0.29) is 48.1 Å². The van der Waals surface area contributed by atoms with Gasteiger partial charge in [-0.05, 0) is 91.4 Å². The lowest BCUT2D eigenvalue weighted by molar-refractivity contribution is -0.174. The maximum atomic E-state index is 14.0. The average molecular weight is 573 g/mol. The van der Waals surface area contributed by atoms with E-state index in [4.69, 9.17) is 16.3 Å². The molecular weight excluding hydrogens is 536 g/mol. The second-order valence-corrected chi connectivity index (χ2v) is 14.0. The highest BCUT2D eigenvalue weighted by molar-refractivity contribution is 7.99. The first-order valence-corrected chi connectivity index (χ1v) is 15.3. The van der Waals surface area contributed by atoms with Gasteiger partial charge in [-0.1, -0.05) is 31.0 Å². The number of esters is 1. The molecule has 0 spiro atoms. The monoisotopic (exact) mass is 572 g/mol. The Morgan fingerprint density at radius 2 is 1.87 bits per heavy atom. The van der Waals surface area contributed by atoms with Crippen LogP contribution >= 0.6 is 23.4 Å². The fourth-order valence-corrected chi connectivity index (χ4v) is 9.58. The van der Waals surface area contributed by atoms with Gasteiger partial charge in [-0.25, -0.2) is 0 Å².